The molecule has 0 bridgehead atoms. The van der Waals surface area contributed by atoms with Gasteiger partial charge in [0.05, 0.1) is 10.0 Å². The Hall–Kier alpha value is -1.30. The van der Waals surface area contributed by atoms with Gasteiger partial charge in [0.1, 0.15) is 11.5 Å². The van der Waals surface area contributed by atoms with Crippen LogP contribution in [0.1, 0.15) is 23.8 Å². The van der Waals surface area contributed by atoms with E-state index in [-0.39, 0.29) is 33.7 Å². The predicted molar refractivity (Wildman–Crippen MR) is 81.4 cm³/mol. The number of nitrogens with one attached hydrogen (secondary N) is 1. The van der Waals surface area contributed by atoms with E-state index in [0.29, 0.717) is 17.4 Å². The minimum absolute atomic E-state index is 0.0341. The summed E-state index contributed by atoms with van der Waals surface area (Å²) in [6, 6.07) is 2.76. The van der Waals surface area contributed by atoms with Gasteiger partial charge in [-0.15, -0.1) is 0 Å². The standard InChI is InChI=1S/C14H14Cl2FN3O/c1-6-4-7(18)5-20(6)14(21)13-12(16)10-9(19-13)3-2-8(17)11(10)15/h2-3,6-7,19H,4-5,18H2,1H3/t6-,7?/m0/s1. The van der Waals surface area contributed by atoms with Crippen molar-refractivity contribution in [3.8, 4) is 0 Å². The maximum atomic E-state index is 13.5. The van der Waals surface area contributed by atoms with Gasteiger partial charge in [-0.05, 0) is 25.5 Å². The molecule has 3 rings (SSSR count). The second kappa shape index (κ2) is 5.16. The molecule has 7 heteroatoms. The Kier molecular flexibility index (Phi) is 3.59. The highest BCUT2D eigenvalue weighted by molar-refractivity contribution is 6.44. The first-order valence-corrected chi connectivity index (χ1v) is 7.37. The second-order valence-electron chi connectivity index (χ2n) is 5.40. The van der Waals surface area contributed by atoms with Crippen molar-refractivity contribution in [3.05, 3.63) is 33.7 Å². The lowest BCUT2D eigenvalue weighted by Crippen LogP contribution is -2.35. The fourth-order valence-electron chi connectivity index (χ4n) is 2.83. The molecule has 1 aliphatic heterocycles. The number of halogens is 3. The average molecular weight is 330 g/mol. The molecule has 21 heavy (non-hydrogen) atoms. The summed E-state index contributed by atoms with van der Waals surface area (Å²) in [5.41, 5.74) is 6.64. The molecule has 1 saturated heterocycles. The number of benzene rings is 1. The minimum Gasteiger partial charge on any atom is -0.349 e. The van der Waals surface area contributed by atoms with E-state index in [1.807, 2.05) is 6.92 Å². The maximum absolute atomic E-state index is 13.5. The van der Waals surface area contributed by atoms with Crippen LogP contribution in [0.4, 0.5) is 4.39 Å². The second-order valence-corrected chi connectivity index (χ2v) is 6.16. The number of hydrogen-bond donors (Lipinski definition) is 2. The van der Waals surface area contributed by atoms with E-state index in [9.17, 15) is 9.18 Å². The lowest BCUT2D eigenvalue weighted by atomic mass is 10.2. The fourth-order valence-corrected chi connectivity index (χ4v) is 3.46. The highest BCUT2D eigenvalue weighted by Gasteiger charge is 2.33. The maximum Gasteiger partial charge on any atom is 0.272 e. The third-order valence-electron chi connectivity index (χ3n) is 3.88. The predicted octanol–water partition coefficient (Wildman–Crippen LogP) is 3.18. The Morgan fingerprint density at radius 3 is 2.76 bits per heavy atom. The van der Waals surface area contributed by atoms with Crippen molar-refractivity contribution in [2.45, 2.75) is 25.4 Å². The number of nitrogens with zero attached hydrogens (tertiary/aromatic N) is 1. The number of fused-ring (bicyclic) bond motifs is 1. The first-order chi connectivity index (χ1) is 9.90. The normalized spacial score (nSPS) is 22.2. The summed E-state index contributed by atoms with van der Waals surface area (Å²) in [5, 5.41) is 0.393. The van der Waals surface area contributed by atoms with Gasteiger partial charge in [-0.1, -0.05) is 23.2 Å². The quantitative estimate of drug-likeness (QED) is 0.844. The number of nitrogens with two attached hydrogens (primary N) is 1. The molecular weight excluding hydrogens is 316 g/mol. The molecule has 1 amide bonds. The molecule has 2 atom stereocenters. The van der Waals surface area contributed by atoms with E-state index < -0.39 is 5.82 Å². The molecule has 1 unspecified atom stereocenters. The summed E-state index contributed by atoms with van der Waals surface area (Å²) in [7, 11) is 0. The van der Waals surface area contributed by atoms with Gasteiger partial charge in [0.25, 0.3) is 5.91 Å². The highest BCUT2D eigenvalue weighted by atomic mass is 35.5. The molecule has 0 aliphatic carbocycles. The molecule has 0 spiro atoms. The topological polar surface area (TPSA) is 62.1 Å². The zero-order valence-electron chi connectivity index (χ0n) is 11.3. The van der Waals surface area contributed by atoms with Crippen LogP contribution in [0.2, 0.25) is 10.0 Å². The summed E-state index contributed by atoms with van der Waals surface area (Å²) < 4.78 is 13.5. The van der Waals surface area contributed by atoms with Crippen LogP contribution in [0.3, 0.4) is 0 Å². The van der Waals surface area contributed by atoms with Crippen LogP contribution in [0, 0.1) is 5.82 Å². The number of amides is 1. The first-order valence-electron chi connectivity index (χ1n) is 6.62. The summed E-state index contributed by atoms with van der Waals surface area (Å²) in [6.45, 7) is 2.42. The molecule has 3 N–H and O–H groups in total. The highest BCUT2D eigenvalue weighted by Crippen LogP contribution is 2.35. The number of aromatic nitrogens is 1. The average Bonchev–Trinajstić information content (AvgIpc) is 2.94. The van der Waals surface area contributed by atoms with Crippen LogP contribution in [0.15, 0.2) is 12.1 Å². The zero-order chi connectivity index (χ0) is 15.3. The van der Waals surface area contributed by atoms with Crippen molar-refractivity contribution < 1.29 is 9.18 Å². The molecule has 2 heterocycles. The van der Waals surface area contributed by atoms with Gasteiger partial charge < -0.3 is 15.6 Å². The van der Waals surface area contributed by atoms with Gasteiger partial charge in [0, 0.05) is 29.5 Å². The molecule has 2 aromatic rings. The monoisotopic (exact) mass is 329 g/mol. The van der Waals surface area contributed by atoms with Crippen LogP contribution in [0.25, 0.3) is 10.9 Å². The van der Waals surface area contributed by atoms with Crippen molar-refractivity contribution >= 4 is 40.0 Å². The van der Waals surface area contributed by atoms with Gasteiger partial charge in [-0.2, -0.15) is 0 Å². The molecule has 4 nitrogen and oxygen atoms in total. The van der Waals surface area contributed by atoms with E-state index in [0.717, 1.165) is 6.42 Å². The number of H-pyrrole nitrogens is 1. The van der Waals surface area contributed by atoms with E-state index in [2.05, 4.69) is 4.98 Å². The lowest BCUT2D eigenvalue weighted by molar-refractivity contribution is 0.0741. The number of aromatic amines is 1. The van der Waals surface area contributed by atoms with Crippen molar-refractivity contribution in [3.63, 3.8) is 0 Å². The number of likely N-dealkylation sites (tertiary alicyclic amines) is 1. The summed E-state index contributed by atoms with van der Waals surface area (Å²) >= 11 is 12.2. The first kappa shape index (κ1) is 14.6. The van der Waals surface area contributed by atoms with Crippen LogP contribution >= 0.6 is 23.2 Å². The van der Waals surface area contributed by atoms with Crippen LogP contribution < -0.4 is 5.73 Å². The van der Waals surface area contributed by atoms with E-state index in [4.69, 9.17) is 28.9 Å². The SMILES string of the molecule is C[C@H]1CC(N)CN1C(=O)c1[nH]c2ccc(F)c(Cl)c2c1Cl. The third-order valence-corrected chi connectivity index (χ3v) is 4.62. The van der Waals surface area contributed by atoms with Gasteiger partial charge in [0.2, 0.25) is 0 Å². The fraction of sp³-hybridized carbons (Fsp3) is 0.357. The van der Waals surface area contributed by atoms with E-state index in [1.54, 1.807) is 4.90 Å². The molecule has 1 aromatic carbocycles. The van der Waals surface area contributed by atoms with Crippen LogP contribution in [-0.4, -0.2) is 34.4 Å². The summed E-state index contributed by atoms with van der Waals surface area (Å²) in [6.07, 6.45) is 0.749. The van der Waals surface area contributed by atoms with Gasteiger partial charge in [-0.3, -0.25) is 4.79 Å². The van der Waals surface area contributed by atoms with Crippen molar-refractivity contribution in [2.75, 3.05) is 6.54 Å². The van der Waals surface area contributed by atoms with Crippen molar-refractivity contribution in [1.29, 1.82) is 0 Å². The Morgan fingerprint density at radius 1 is 1.43 bits per heavy atom. The Balaban J connectivity index is 2.07. The summed E-state index contributed by atoms with van der Waals surface area (Å²) in [4.78, 5) is 17.2. The third kappa shape index (κ3) is 2.29. The van der Waals surface area contributed by atoms with Gasteiger partial charge >= 0.3 is 0 Å². The Labute approximate surface area is 131 Å². The van der Waals surface area contributed by atoms with Crippen molar-refractivity contribution in [1.82, 2.24) is 9.88 Å². The molecular formula is C14H14Cl2FN3O. The minimum atomic E-state index is -0.569. The number of rotatable bonds is 1. The molecule has 1 aromatic heterocycles. The molecule has 0 saturated carbocycles. The van der Waals surface area contributed by atoms with E-state index >= 15 is 0 Å². The molecule has 1 fully saturated rings. The van der Waals surface area contributed by atoms with Gasteiger partial charge in [0.15, 0.2) is 0 Å². The van der Waals surface area contributed by atoms with Crippen LogP contribution in [-0.2, 0) is 0 Å². The number of carbonyl (C=O) groups excluding carboxylic acids is 1. The number of carbonyl (C=O) groups is 1. The summed E-state index contributed by atoms with van der Waals surface area (Å²) in [5.74, 6) is -0.811. The number of hydrogen-bond acceptors (Lipinski definition) is 2. The molecule has 1 aliphatic rings. The van der Waals surface area contributed by atoms with E-state index in [1.165, 1.54) is 12.1 Å². The van der Waals surface area contributed by atoms with Crippen molar-refractivity contribution in [2.24, 2.45) is 5.73 Å². The van der Waals surface area contributed by atoms with Crippen LogP contribution in [0.5, 0.6) is 0 Å². The largest absolute Gasteiger partial charge is 0.349 e. The molecule has 112 valence electrons. The molecule has 0 radical (unpaired) electrons. The van der Waals surface area contributed by atoms with Gasteiger partial charge in [-0.25, -0.2) is 4.39 Å². The smallest absolute Gasteiger partial charge is 0.272 e. The Bertz CT molecular complexity index is 731. The zero-order valence-corrected chi connectivity index (χ0v) is 12.8. The lowest BCUT2D eigenvalue weighted by Gasteiger charge is -2.20. The Morgan fingerprint density at radius 2 is 2.14 bits per heavy atom.